The number of carbonyl (C=O) groups is 1. The summed E-state index contributed by atoms with van der Waals surface area (Å²) in [6.07, 6.45) is 3.64. The van der Waals surface area contributed by atoms with Gasteiger partial charge in [-0.15, -0.1) is 0 Å². The molecule has 1 amide bonds. The van der Waals surface area contributed by atoms with Crippen molar-refractivity contribution in [2.75, 3.05) is 17.8 Å². The zero-order valence-electron chi connectivity index (χ0n) is 24.2. The molecule has 212 valence electrons. The molecule has 0 aliphatic heterocycles. The summed E-state index contributed by atoms with van der Waals surface area (Å²) in [6.45, 7) is 18.0. The van der Waals surface area contributed by atoms with Crippen LogP contribution in [0.3, 0.4) is 0 Å². The molecule has 0 spiro atoms. The number of anilines is 1. The number of aromatic hydroxyl groups is 1. The second kappa shape index (κ2) is 14.8. The lowest BCUT2D eigenvalue weighted by molar-refractivity contribution is 0.0748. The molecule has 0 aliphatic rings. The molecule has 0 aliphatic carbocycles. The molecule has 0 radical (unpaired) electrons. The minimum atomic E-state index is -1.96. The zero-order valence-corrected chi connectivity index (χ0v) is 25.8. The van der Waals surface area contributed by atoms with E-state index in [2.05, 4.69) is 72.2 Å². The maximum atomic E-state index is 13.4. The van der Waals surface area contributed by atoms with E-state index in [0.717, 1.165) is 36.8 Å². The fraction of sp³-hybridized carbons (Fsp3) is 0.567. The summed E-state index contributed by atoms with van der Waals surface area (Å²) in [6, 6.07) is 7.20. The standard InChI is InChI=1S/C30H45ClN2O4S/c1-9-11-13-33(14-12-10-2)30(35)26-17-23(18-27(31)28(26)34)32-38(36)37-29-24(20(5)6)15-22(19(3)4)16-25(29)21(7)8/h15-21,32,34H,9-14H2,1-8H3. The van der Waals surface area contributed by atoms with Gasteiger partial charge in [0, 0.05) is 13.1 Å². The highest BCUT2D eigenvalue weighted by atomic mass is 35.5. The predicted molar refractivity (Wildman–Crippen MR) is 160 cm³/mol. The van der Waals surface area contributed by atoms with Crippen molar-refractivity contribution in [2.45, 2.75) is 98.8 Å². The molecule has 38 heavy (non-hydrogen) atoms. The van der Waals surface area contributed by atoms with Crippen LogP contribution in [0.4, 0.5) is 5.69 Å². The van der Waals surface area contributed by atoms with Gasteiger partial charge in [-0.1, -0.05) is 92.0 Å². The van der Waals surface area contributed by atoms with E-state index in [-0.39, 0.29) is 34.1 Å². The average molecular weight is 565 g/mol. The van der Waals surface area contributed by atoms with Crippen LogP contribution in [0, 0.1) is 0 Å². The Kier molecular flexibility index (Phi) is 12.4. The molecular weight excluding hydrogens is 520 g/mol. The van der Waals surface area contributed by atoms with E-state index in [9.17, 15) is 14.1 Å². The number of benzene rings is 2. The van der Waals surface area contributed by atoms with Gasteiger partial charge in [0.25, 0.3) is 5.91 Å². The van der Waals surface area contributed by atoms with E-state index in [1.54, 1.807) is 4.90 Å². The molecule has 0 saturated carbocycles. The van der Waals surface area contributed by atoms with Crippen LogP contribution in [0.2, 0.25) is 5.02 Å². The van der Waals surface area contributed by atoms with Crippen LogP contribution in [-0.4, -0.2) is 33.2 Å². The molecule has 2 aromatic rings. The van der Waals surface area contributed by atoms with Crippen LogP contribution in [0.1, 0.15) is 126 Å². The first-order valence-corrected chi connectivity index (χ1v) is 15.2. The number of phenols is 1. The number of phenolic OH excluding ortho intramolecular Hbond substituents is 1. The van der Waals surface area contributed by atoms with Crippen LogP contribution < -0.4 is 8.91 Å². The van der Waals surface area contributed by atoms with Crippen LogP contribution in [-0.2, 0) is 11.3 Å². The van der Waals surface area contributed by atoms with Gasteiger partial charge < -0.3 is 14.2 Å². The average Bonchev–Trinajstić information content (AvgIpc) is 2.85. The predicted octanol–water partition coefficient (Wildman–Crippen LogP) is 8.53. The first-order valence-electron chi connectivity index (χ1n) is 13.8. The summed E-state index contributed by atoms with van der Waals surface area (Å²) in [7, 11) is 0. The lowest BCUT2D eigenvalue weighted by Gasteiger charge is -2.24. The van der Waals surface area contributed by atoms with Crippen LogP contribution in [0.5, 0.6) is 11.5 Å². The number of hydrogen-bond acceptors (Lipinski definition) is 4. The van der Waals surface area contributed by atoms with Crippen molar-refractivity contribution >= 4 is 34.5 Å². The van der Waals surface area contributed by atoms with Gasteiger partial charge in [-0.2, -0.15) is 4.21 Å². The van der Waals surface area contributed by atoms with Gasteiger partial charge in [0.2, 0.25) is 0 Å². The van der Waals surface area contributed by atoms with Crippen molar-refractivity contribution < 1.29 is 18.3 Å². The van der Waals surface area contributed by atoms with E-state index >= 15 is 0 Å². The van der Waals surface area contributed by atoms with E-state index in [1.807, 2.05) is 0 Å². The minimum absolute atomic E-state index is 0.00769. The summed E-state index contributed by atoms with van der Waals surface area (Å²) in [5.74, 6) is 0.727. The highest BCUT2D eigenvalue weighted by molar-refractivity contribution is 7.82. The maximum Gasteiger partial charge on any atom is 0.316 e. The Morgan fingerprint density at radius 3 is 1.92 bits per heavy atom. The van der Waals surface area contributed by atoms with E-state index in [0.29, 0.717) is 30.4 Å². The van der Waals surface area contributed by atoms with Gasteiger partial charge in [-0.05, 0) is 59.4 Å². The molecule has 8 heteroatoms. The zero-order chi connectivity index (χ0) is 28.6. The molecule has 2 N–H and O–H groups in total. The largest absolute Gasteiger partial charge is 0.506 e. The number of rotatable bonds is 14. The number of hydrogen-bond donors (Lipinski definition) is 2. The van der Waals surface area contributed by atoms with Gasteiger partial charge in [0.1, 0.15) is 11.5 Å². The number of halogens is 1. The quantitative estimate of drug-likeness (QED) is 0.225. The van der Waals surface area contributed by atoms with Crippen molar-refractivity contribution in [1.29, 1.82) is 0 Å². The highest BCUT2D eigenvalue weighted by Gasteiger charge is 2.23. The Balaban J connectivity index is 2.39. The van der Waals surface area contributed by atoms with Crippen molar-refractivity contribution in [3.8, 4) is 11.5 Å². The molecule has 0 bridgehead atoms. The monoisotopic (exact) mass is 564 g/mol. The van der Waals surface area contributed by atoms with Crippen LogP contribution in [0.25, 0.3) is 0 Å². The molecule has 6 nitrogen and oxygen atoms in total. The molecule has 2 aromatic carbocycles. The third-order valence-corrected chi connectivity index (χ3v) is 7.59. The van der Waals surface area contributed by atoms with Gasteiger partial charge >= 0.3 is 11.3 Å². The van der Waals surface area contributed by atoms with E-state index < -0.39 is 11.3 Å². The smallest absolute Gasteiger partial charge is 0.316 e. The van der Waals surface area contributed by atoms with Crippen LogP contribution in [0.15, 0.2) is 24.3 Å². The fourth-order valence-corrected chi connectivity index (χ4v) is 5.10. The van der Waals surface area contributed by atoms with Crippen molar-refractivity contribution in [2.24, 2.45) is 0 Å². The summed E-state index contributed by atoms with van der Waals surface area (Å²) >= 11 is 4.34. The van der Waals surface area contributed by atoms with Crippen LogP contribution >= 0.6 is 11.6 Å². The first-order chi connectivity index (χ1) is 17.9. The second-order valence-corrected chi connectivity index (χ2v) is 12.0. The SMILES string of the molecule is CCCCN(CCCC)C(=O)c1cc(NS(=O)Oc2c(C(C)C)cc(C(C)C)cc2C(C)C)cc(Cl)c1O. The molecule has 0 fully saturated rings. The molecule has 1 atom stereocenters. The minimum Gasteiger partial charge on any atom is -0.506 e. The summed E-state index contributed by atoms with van der Waals surface area (Å²) in [5, 5.41) is 10.6. The number of nitrogens with zero attached hydrogens (tertiary/aromatic N) is 1. The highest BCUT2D eigenvalue weighted by Crippen LogP contribution is 2.38. The normalized spacial score (nSPS) is 12.3. The summed E-state index contributed by atoms with van der Waals surface area (Å²) in [4.78, 5) is 15.1. The number of amides is 1. The number of nitrogens with one attached hydrogen (secondary N) is 1. The third-order valence-electron chi connectivity index (χ3n) is 6.58. The van der Waals surface area contributed by atoms with Crippen molar-refractivity contribution in [3.63, 3.8) is 0 Å². The Hall–Kier alpha value is -2.25. The van der Waals surface area contributed by atoms with Gasteiger partial charge in [-0.3, -0.25) is 9.52 Å². The van der Waals surface area contributed by atoms with Crippen molar-refractivity contribution in [3.05, 3.63) is 51.5 Å². The number of unbranched alkanes of at least 4 members (excludes halogenated alkanes) is 2. The topological polar surface area (TPSA) is 78.9 Å². The molecule has 1 unspecified atom stereocenters. The lowest BCUT2D eigenvalue weighted by Crippen LogP contribution is -2.33. The fourth-order valence-electron chi connectivity index (χ4n) is 4.18. The van der Waals surface area contributed by atoms with Crippen molar-refractivity contribution in [1.82, 2.24) is 4.90 Å². The lowest BCUT2D eigenvalue weighted by atomic mass is 9.88. The third kappa shape index (κ3) is 8.37. The summed E-state index contributed by atoms with van der Waals surface area (Å²) < 4.78 is 22.1. The van der Waals surface area contributed by atoms with Gasteiger partial charge in [0.05, 0.1) is 16.3 Å². The Labute approximate surface area is 236 Å². The van der Waals surface area contributed by atoms with E-state index in [1.165, 1.54) is 17.7 Å². The number of carbonyl (C=O) groups excluding carboxylic acids is 1. The van der Waals surface area contributed by atoms with Gasteiger partial charge in [-0.25, -0.2) is 0 Å². The molecular formula is C30H45ClN2O4S. The van der Waals surface area contributed by atoms with E-state index in [4.69, 9.17) is 15.8 Å². The molecule has 0 aromatic heterocycles. The molecule has 0 saturated heterocycles. The molecule has 2 rings (SSSR count). The van der Waals surface area contributed by atoms with Gasteiger partial charge in [0.15, 0.2) is 0 Å². The Morgan fingerprint density at radius 2 is 1.47 bits per heavy atom. The first kappa shape index (κ1) is 32.0. The second-order valence-electron chi connectivity index (χ2n) is 10.8. The molecule has 0 heterocycles. The summed E-state index contributed by atoms with van der Waals surface area (Å²) in [5.41, 5.74) is 3.62. The Bertz CT molecular complexity index is 1080. The Morgan fingerprint density at radius 1 is 0.947 bits per heavy atom. The maximum absolute atomic E-state index is 13.4.